The van der Waals surface area contributed by atoms with Crippen molar-refractivity contribution in [3.05, 3.63) is 0 Å². The van der Waals surface area contributed by atoms with Crippen molar-refractivity contribution in [1.29, 1.82) is 0 Å². The van der Waals surface area contributed by atoms with E-state index in [0.29, 0.717) is 0 Å². The number of aliphatic carboxylic acids is 1. The summed E-state index contributed by atoms with van der Waals surface area (Å²) in [6, 6.07) is -1.03. The number of hydrogen-bond acceptors (Lipinski definition) is 3. The molecule has 2 atom stereocenters. The van der Waals surface area contributed by atoms with Crippen molar-refractivity contribution in [2.75, 3.05) is 6.54 Å². The van der Waals surface area contributed by atoms with Gasteiger partial charge >= 0.3 is 5.97 Å². The largest absolute Gasteiger partial charge is 0.480 e. The standard InChI is InChI=1S/C9H16N2O3/c1-6(9(13)14)11-8(12)7-4-2-3-5-10-7/h6-7,10H,2-5H2,1H3,(H,11,12)(H,13,14)/t6-,7+/m0/s1. The Morgan fingerprint density at radius 1 is 1.50 bits per heavy atom. The third kappa shape index (κ3) is 2.99. The van der Waals surface area contributed by atoms with Crippen molar-refractivity contribution in [1.82, 2.24) is 10.6 Å². The maximum Gasteiger partial charge on any atom is 0.325 e. The van der Waals surface area contributed by atoms with Gasteiger partial charge in [0.25, 0.3) is 0 Å². The molecule has 5 nitrogen and oxygen atoms in total. The third-order valence-electron chi connectivity index (χ3n) is 2.36. The van der Waals surface area contributed by atoms with Crippen LogP contribution in [-0.2, 0) is 9.59 Å². The first-order valence-electron chi connectivity index (χ1n) is 4.88. The van der Waals surface area contributed by atoms with Gasteiger partial charge in [-0.3, -0.25) is 9.59 Å². The van der Waals surface area contributed by atoms with E-state index in [0.717, 1.165) is 25.8 Å². The van der Waals surface area contributed by atoms with Gasteiger partial charge in [0.15, 0.2) is 0 Å². The monoisotopic (exact) mass is 200 g/mol. The number of nitrogens with one attached hydrogen (secondary N) is 2. The van der Waals surface area contributed by atoms with Gasteiger partial charge in [0.05, 0.1) is 6.04 Å². The van der Waals surface area contributed by atoms with Crippen LogP contribution in [0.1, 0.15) is 26.2 Å². The minimum atomic E-state index is -1.01. The van der Waals surface area contributed by atoms with E-state index in [9.17, 15) is 9.59 Å². The molecule has 0 radical (unpaired) electrons. The summed E-state index contributed by atoms with van der Waals surface area (Å²) in [6.07, 6.45) is 2.89. The van der Waals surface area contributed by atoms with Crippen molar-refractivity contribution < 1.29 is 14.7 Å². The average molecular weight is 200 g/mol. The minimum Gasteiger partial charge on any atom is -0.480 e. The summed E-state index contributed by atoms with van der Waals surface area (Å²) in [5.74, 6) is -1.21. The fourth-order valence-electron chi connectivity index (χ4n) is 1.45. The summed E-state index contributed by atoms with van der Waals surface area (Å²) in [7, 11) is 0. The molecule has 1 fully saturated rings. The molecule has 0 saturated carbocycles. The zero-order chi connectivity index (χ0) is 10.6. The van der Waals surface area contributed by atoms with Gasteiger partial charge in [-0.1, -0.05) is 6.42 Å². The Kier molecular flexibility index (Phi) is 3.88. The van der Waals surface area contributed by atoms with Crippen LogP contribution in [0.2, 0.25) is 0 Å². The lowest BCUT2D eigenvalue weighted by Crippen LogP contribution is -2.50. The highest BCUT2D eigenvalue weighted by Crippen LogP contribution is 2.06. The Morgan fingerprint density at radius 3 is 2.71 bits per heavy atom. The molecule has 0 unspecified atom stereocenters. The second-order valence-corrected chi connectivity index (χ2v) is 3.57. The number of piperidine rings is 1. The van der Waals surface area contributed by atoms with Crippen molar-refractivity contribution in [2.45, 2.75) is 38.3 Å². The molecular weight excluding hydrogens is 184 g/mol. The molecule has 3 N–H and O–H groups in total. The summed E-state index contributed by atoms with van der Waals surface area (Å²) in [4.78, 5) is 22.0. The van der Waals surface area contributed by atoms with E-state index < -0.39 is 12.0 Å². The Labute approximate surface area is 82.9 Å². The van der Waals surface area contributed by atoms with Crippen LogP contribution < -0.4 is 10.6 Å². The summed E-state index contributed by atoms with van der Waals surface area (Å²) in [5, 5.41) is 14.1. The molecule has 1 aliphatic rings. The fourth-order valence-corrected chi connectivity index (χ4v) is 1.45. The zero-order valence-electron chi connectivity index (χ0n) is 8.25. The van der Waals surface area contributed by atoms with E-state index in [1.165, 1.54) is 6.92 Å². The molecule has 0 bridgehead atoms. The smallest absolute Gasteiger partial charge is 0.325 e. The number of amides is 1. The second-order valence-electron chi connectivity index (χ2n) is 3.57. The van der Waals surface area contributed by atoms with Crippen LogP contribution in [0.5, 0.6) is 0 Å². The normalized spacial score (nSPS) is 23.9. The molecule has 1 rings (SSSR count). The molecule has 0 aliphatic carbocycles. The van der Waals surface area contributed by atoms with Crippen LogP contribution in [0.4, 0.5) is 0 Å². The first kappa shape index (κ1) is 11.0. The van der Waals surface area contributed by atoms with Gasteiger partial charge in [0, 0.05) is 0 Å². The molecule has 5 heteroatoms. The predicted octanol–water partition coefficient (Wildman–Crippen LogP) is -0.282. The summed E-state index contributed by atoms with van der Waals surface area (Å²) in [6.45, 7) is 2.29. The summed E-state index contributed by atoms with van der Waals surface area (Å²) in [5.41, 5.74) is 0. The second kappa shape index (κ2) is 4.95. The van der Waals surface area contributed by atoms with Crippen LogP contribution in [0.3, 0.4) is 0 Å². The SMILES string of the molecule is C[C@H](NC(=O)[C@H]1CCCCN1)C(=O)O. The van der Waals surface area contributed by atoms with Crippen LogP contribution in [-0.4, -0.2) is 35.6 Å². The number of rotatable bonds is 3. The molecule has 0 aromatic carbocycles. The number of carboxylic acid groups (broad SMARTS) is 1. The molecule has 1 heterocycles. The topological polar surface area (TPSA) is 78.4 Å². The van der Waals surface area contributed by atoms with Crippen molar-refractivity contribution in [3.8, 4) is 0 Å². The highest BCUT2D eigenvalue weighted by atomic mass is 16.4. The molecule has 1 saturated heterocycles. The number of hydrogen-bond donors (Lipinski definition) is 3. The average Bonchev–Trinajstić information content (AvgIpc) is 2.19. The van der Waals surface area contributed by atoms with E-state index in [1.54, 1.807) is 0 Å². The first-order chi connectivity index (χ1) is 6.61. The maximum atomic E-state index is 11.5. The van der Waals surface area contributed by atoms with Gasteiger partial charge in [-0.05, 0) is 26.3 Å². The van der Waals surface area contributed by atoms with Crippen molar-refractivity contribution >= 4 is 11.9 Å². The number of carboxylic acids is 1. The van der Waals surface area contributed by atoms with E-state index in [4.69, 9.17) is 5.11 Å². The first-order valence-corrected chi connectivity index (χ1v) is 4.88. The number of carbonyl (C=O) groups excluding carboxylic acids is 1. The molecule has 0 spiro atoms. The van der Waals surface area contributed by atoms with E-state index >= 15 is 0 Å². The van der Waals surface area contributed by atoms with Gasteiger partial charge < -0.3 is 15.7 Å². The van der Waals surface area contributed by atoms with Gasteiger partial charge in [0.2, 0.25) is 5.91 Å². The highest BCUT2D eigenvalue weighted by molar-refractivity contribution is 5.86. The van der Waals surface area contributed by atoms with Crippen LogP contribution in [0.15, 0.2) is 0 Å². The molecule has 1 aliphatic heterocycles. The maximum absolute atomic E-state index is 11.5. The fraction of sp³-hybridized carbons (Fsp3) is 0.778. The van der Waals surface area contributed by atoms with E-state index in [-0.39, 0.29) is 11.9 Å². The number of carbonyl (C=O) groups is 2. The lowest BCUT2D eigenvalue weighted by atomic mass is 10.0. The van der Waals surface area contributed by atoms with Crippen LogP contribution in [0, 0.1) is 0 Å². The molecular formula is C9H16N2O3. The zero-order valence-corrected chi connectivity index (χ0v) is 8.25. The van der Waals surface area contributed by atoms with Crippen LogP contribution in [0.25, 0.3) is 0 Å². The Bertz CT molecular complexity index is 224. The lowest BCUT2D eigenvalue weighted by molar-refractivity contribution is -0.141. The Hall–Kier alpha value is -1.10. The predicted molar refractivity (Wildman–Crippen MR) is 50.9 cm³/mol. The molecule has 14 heavy (non-hydrogen) atoms. The van der Waals surface area contributed by atoms with E-state index in [2.05, 4.69) is 10.6 Å². The van der Waals surface area contributed by atoms with Gasteiger partial charge in [-0.15, -0.1) is 0 Å². The summed E-state index contributed by atoms with van der Waals surface area (Å²) < 4.78 is 0. The third-order valence-corrected chi connectivity index (χ3v) is 2.36. The molecule has 80 valence electrons. The van der Waals surface area contributed by atoms with Gasteiger partial charge in [-0.2, -0.15) is 0 Å². The Morgan fingerprint density at radius 2 is 2.21 bits per heavy atom. The summed E-state index contributed by atoms with van der Waals surface area (Å²) >= 11 is 0. The quantitative estimate of drug-likeness (QED) is 0.585. The molecule has 1 amide bonds. The van der Waals surface area contributed by atoms with Crippen molar-refractivity contribution in [3.63, 3.8) is 0 Å². The lowest BCUT2D eigenvalue weighted by Gasteiger charge is -2.23. The van der Waals surface area contributed by atoms with Crippen molar-refractivity contribution in [2.24, 2.45) is 0 Å². The molecule has 0 aromatic rings. The van der Waals surface area contributed by atoms with Crippen LogP contribution >= 0.6 is 0 Å². The van der Waals surface area contributed by atoms with Gasteiger partial charge in [0.1, 0.15) is 6.04 Å². The van der Waals surface area contributed by atoms with Gasteiger partial charge in [-0.25, -0.2) is 0 Å². The van der Waals surface area contributed by atoms with E-state index in [1.807, 2.05) is 0 Å². The Balaban J connectivity index is 2.36. The highest BCUT2D eigenvalue weighted by Gasteiger charge is 2.23. The molecule has 0 aromatic heterocycles. The minimum absolute atomic E-state index is 0.209.